The lowest BCUT2D eigenvalue weighted by Gasteiger charge is -2.07. The highest BCUT2D eigenvalue weighted by molar-refractivity contribution is 5.92. The first-order valence-corrected chi connectivity index (χ1v) is 5.92. The molecule has 1 rings (SSSR count). The normalized spacial score (nSPS) is 11.4. The predicted octanol–water partition coefficient (Wildman–Crippen LogP) is 2.86. The molecule has 0 aromatic carbocycles. The molecule has 0 radical (unpaired) electrons. The summed E-state index contributed by atoms with van der Waals surface area (Å²) in [5.74, 6) is 0.995. The molecule has 1 heterocycles. The Morgan fingerprint density at radius 3 is 2.79 bits per heavy atom. The van der Waals surface area contributed by atoms with E-state index in [1.807, 2.05) is 32.1 Å². The summed E-state index contributed by atoms with van der Waals surface area (Å²) in [6.45, 7) is 7.56. The second-order valence-electron chi connectivity index (χ2n) is 3.93. The standard InChI is InChI=1S/C15H18N2O2/c1-5-12(7-6-11(2)3)19-13-8-9-17-14(10-13)15(18)16-4/h5-10H,2H2,1,3-4H3,(H,16,18)/b7-6-,12-5+. The first-order valence-electron chi connectivity index (χ1n) is 5.92. The molecular weight excluding hydrogens is 240 g/mol. The zero-order valence-corrected chi connectivity index (χ0v) is 11.4. The van der Waals surface area contributed by atoms with Gasteiger partial charge in [0.25, 0.3) is 5.91 Å². The molecule has 1 N–H and O–H groups in total. The summed E-state index contributed by atoms with van der Waals surface area (Å²) >= 11 is 0. The van der Waals surface area contributed by atoms with Crippen LogP contribution in [-0.4, -0.2) is 17.9 Å². The fourth-order valence-electron chi connectivity index (χ4n) is 1.28. The van der Waals surface area contributed by atoms with Crippen molar-refractivity contribution in [2.75, 3.05) is 7.05 Å². The molecule has 0 saturated carbocycles. The first-order chi connectivity index (χ1) is 9.06. The van der Waals surface area contributed by atoms with E-state index in [2.05, 4.69) is 16.9 Å². The third-order valence-corrected chi connectivity index (χ3v) is 2.24. The number of aromatic nitrogens is 1. The van der Waals surface area contributed by atoms with Crippen LogP contribution in [-0.2, 0) is 0 Å². The Morgan fingerprint density at radius 1 is 1.47 bits per heavy atom. The number of pyridine rings is 1. The Hall–Kier alpha value is -2.36. The van der Waals surface area contributed by atoms with Gasteiger partial charge in [-0.1, -0.05) is 18.2 Å². The molecule has 1 aromatic heterocycles. The quantitative estimate of drug-likeness (QED) is 0.652. The molecule has 0 fully saturated rings. The van der Waals surface area contributed by atoms with Crippen molar-refractivity contribution < 1.29 is 9.53 Å². The van der Waals surface area contributed by atoms with Crippen LogP contribution >= 0.6 is 0 Å². The van der Waals surface area contributed by atoms with Crippen LogP contribution in [0.5, 0.6) is 5.75 Å². The number of hydrogen-bond donors (Lipinski definition) is 1. The third kappa shape index (κ3) is 4.79. The van der Waals surface area contributed by atoms with Crippen molar-refractivity contribution in [2.45, 2.75) is 13.8 Å². The molecule has 0 spiro atoms. The Morgan fingerprint density at radius 2 is 2.21 bits per heavy atom. The lowest BCUT2D eigenvalue weighted by molar-refractivity contribution is 0.0958. The van der Waals surface area contributed by atoms with Crippen molar-refractivity contribution in [3.05, 3.63) is 60.2 Å². The Kier molecular flexibility index (Phi) is 5.54. The average molecular weight is 258 g/mol. The third-order valence-electron chi connectivity index (χ3n) is 2.24. The van der Waals surface area contributed by atoms with Crippen LogP contribution in [0, 0.1) is 0 Å². The maximum absolute atomic E-state index is 11.5. The molecule has 1 aromatic rings. The van der Waals surface area contributed by atoms with Gasteiger partial charge in [0.1, 0.15) is 17.2 Å². The van der Waals surface area contributed by atoms with E-state index >= 15 is 0 Å². The van der Waals surface area contributed by atoms with Crippen LogP contribution in [0.3, 0.4) is 0 Å². The number of carbonyl (C=O) groups is 1. The maximum atomic E-state index is 11.5. The van der Waals surface area contributed by atoms with Gasteiger partial charge in [-0.15, -0.1) is 0 Å². The van der Waals surface area contributed by atoms with Crippen molar-refractivity contribution in [2.24, 2.45) is 0 Å². The van der Waals surface area contributed by atoms with E-state index in [0.717, 1.165) is 5.57 Å². The second kappa shape index (κ2) is 7.16. The first kappa shape index (κ1) is 14.7. The fraction of sp³-hybridized carbons (Fsp3) is 0.200. The highest BCUT2D eigenvalue weighted by Crippen LogP contribution is 2.15. The zero-order valence-electron chi connectivity index (χ0n) is 11.4. The number of amides is 1. The highest BCUT2D eigenvalue weighted by atomic mass is 16.5. The number of nitrogens with zero attached hydrogens (tertiary/aromatic N) is 1. The summed E-state index contributed by atoms with van der Waals surface area (Å²) in [7, 11) is 1.56. The summed E-state index contributed by atoms with van der Waals surface area (Å²) < 4.78 is 5.66. The van der Waals surface area contributed by atoms with Crippen LogP contribution in [0.2, 0.25) is 0 Å². The Balaban J connectivity index is 2.87. The van der Waals surface area contributed by atoms with E-state index in [1.54, 1.807) is 19.2 Å². The minimum absolute atomic E-state index is 0.245. The number of carbonyl (C=O) groups excluding carboxylic acids is 1. The van der Waals surface area contributed by atoms with Crippen molar-refractivity contribution in [1.29, 1.82) is 0 Å². The second-order valence-corrected chi connectivity index (χ2v) is 3.93. The summed E-state index contributed by atoms with van der Waals surface area (Å²) in [6.07, 6.45) is 7.05. The lowest BCUT2D eigenvalue weighted by atomic mass is 10.3. The minimum Gasteiger partial charge on any atom is -0.458 e. The van der Waals surface area contributed by atoms with E-state index in [-0.39, 0.29) is 5.91 Å². The topological polar surface area (TPSA) is 51.2 Å². The van der Waals surface area contributed by atoms with Crippen molar-refractivity contribution in [3.8, 4) is 5.75 Å². The van der Waals surface area contributed by atoms with Crippen LogP contribution in [0.25, 0.3) is 0 Å². The van der Waals surface area contributed by atoms with E-state index < -0.39 is 0 Å². The van der Waals surface area contributed by atoms with E-state index in [4.69, 9.17) is 4.74 Å². The van der Waals surface area contributed by atoms with Crippen molar-refractivity contribution in [1.82, 2.24) is 10.3 Å². The largest absolute Gasteiger partial charge is 0.458 e. The van der Waals surface area contributed by atoms with Gasteiger partial charge in [-0.2, -0.15) is 0 Å². The molecule has 0 saturated heterocycles. The lowest BCUT2D eigenvalue weighted by Crippen LogP contribution is -2.19. The Labute approximate surface area is 113 Å². The van der Waals surface area contributed by atoms with Gasteiger partial charge in [-0.3, -0.25) is 9.78 Å². The summed E-state index contributed by atoms with van der Waals surface area (Å²) in [5, 5.41) is 2.52. The molecular formula is C15H18N2O2. The van der Waals surface area contributed by atoms with Crippen LogP contribution in [0.15, 0.2) is 54.5 Å². The predicted molar refractivity (Wildman–Crippen MR) is 76.0 cm³/mol. The van der Waals surface area contributed by atoms with Crippen molar-refractivity contribution >= 4 is 5.91 Å². The number of nitrogens with one attached hydrogen (secondary N) is 1. The summed E-state index contributed by atoms with van der Waals surface area (Å²) in [4.78, 5) is 15.4. The monoisotopic (exact) mass is 258 g/mol. The van der Waals surface area contributed by atoms with Crippen LogP contribution in [0.4, 0.5) is 0 Å². The number of allylic oxidation sites excluding steroid dienone is 4. The van der Waals surface area contributed by atoms with E-state index in [1.165, 1.54) is 6.20 Å². The van der Waals surface area contributed by atoms with Gasteiger partial charge in [0.2, 0.25) is 0 Å². The highest BCUT2D eigenvalue weighted by Gasteiger charge is 2.06. The zero-order chi connectivity index (χ0) is 14.3. The molecule has 100 valence electrons. The van der Waals surface area contributed by atoms with Gasteiger partial charge >= 0.3 is 0 Å². The van der Waals surface area contributed by atoms with Crippen molar-refractivity contribution in [3.63, 3.8) is 0 Å². The van der Waals surface area contributed by atoms with Crippen LogP contribution in [0.1, 0.15) is 24.3 Å². The van der Waals surface area contributed by atoms with Gasteiger partial charge in [-0.05, 0) is 32.1 Å². The summed E-state index contributed by atoms with van der Waals surface area (Å²) in [5.41, 5.74) is 1.25. The molecule has 4 heteroatoms. The number of hydrogen-bond acceptors (Lipinski definition) is 3. The number of rotatable bonds is 5. The molecule has 0 unspecified atom stereocenters. The van der Waals surface area contributed by atoms with Gasteiger partial charge < -0.3 is 10.1 Å². The van der Waals surface area contributed by atoms with Gasteiger partial charge in [0, 0.05) is 19.3 Å². The molecule has 0 aliphatic heterocycles. The molecule has 0 aliphatic carbocycles. The minimum atomic E-state index is -0.245. The number of ether oxygens (including phenoxy) is 1. The molecule has 0 bridgehead atoms. The van der Waals surface area contributed by atoms with E-state index in [9.17, 15) is 4.79 Å². The smallest absolute Gasteiger partial charge is 0.269 e. The Bertz CT molecular complexity index is 531. The molecule has 4 nitrogen and oxygen atoms in total. The molecule has 1 amide bonds. The summed E-state index contributed by atoms with van der Waals surface area (Å²) in [6, 6.07) is 3.29. The molecule has 19 heavy (non-hydrogen) atoms. The average Bonchev–Trinajstić information content (AvgIpc) is 2.42. The molecule has 0 atom stereocenters. The SMILES string of the molecule is C=C(C)/C=C\C(=C/C)Oc1ccnc(C(=O)NC)c1. The van der Waals surface area contributed by atoms with Gasteiger partial charge in [-0.25, -0.2) is 0 Å². The fourth-order valence-corrected chi connectivity index (χ4v) is 1.28. The molecule has 0 aliphatic rings. The van der Waals surface area contributed by atoms with Gasteiger partial charge in [0.15, 0.2) is 0 Å². The van der Waals surface area contributed by atoms with E-state index in [0.29, 0.717) is 17.2 Å². The van der Waals surface area contributed by atoms with Crippen LogP contribution < -0.4 is 10.1 Å². The van der Waals surface area contributed by atoms with Gasteiger partial charge in [0.05, 0.1) is 0 Å². The maximum Gasteiger partial charge on any atom is 0.269 e.